The zero-order valence-electron chi connectivity index (χ0n) is 18.8. The van der Waals surface area contributed by atoms with Crippen LogP contribution in [0.5, 0.6) is 5.75 Å². The first-order chi connectivity index (χ1) is 15.7. The summed E-state index contributed by atoms with van der Waals surface area (Å²) in [6, 6.07) is 18.2. The normalized spacial score (nSPS) is 14.1. The first-order valence-electron chi connectivity index (χ1n) is 11.0. The summed E-state index contributed by atoms with van der Waals surface area (Å²) in [5.41, 5.74) is 2.25. The number of hydrogen-bond donors (Lipinski definition) is 2. The smallest absolute Gasteiger partial charge is 0.224 e. The minimum Gasteiger partial charge on any atom is -0.489 e. The SMILES string of the molecule is C=CCOc1ccccc1CNC(=NC)NCCC(=O)N1CCN(c2ccccc2)CC1. The zero-order valence-corrected chi connectivity index (χ0v) is 18.8. The lowest BCUT2D eigenvalue weighted by atomic mass is 10.2. The summed E-state index contributed by atoms with van der Waals surface area (Å²) in [6.07, 6.45) is 2.16. The molecule has 0 aliphatic carbocycles. The Morgan fingerprint density at radius 1 is 1.06 bits per heavy atom. The van der Waals surface area contributed by atoms with Crippen LogP contribution in [-0.4, -0.2) is 63.1 Å². The van der Waals surface area contributed by atoms with Crippen molar-refractivity contribution in [3.8, 4) is 5.75 Å². The van der Waals surface area contributed by atoms with Gasteiger partial charge in [0.2, 0.25) is 5.91 Å². The third-order valence-electron chi connectivity index (χ3n) is 5.38. The van der Waals surface area contributed by atoms with Crippen molar-refractivity contribution in [3.63, 3.8) is 0 Å². The second kappa shape index (κ2) is 12.4. The highest BCUT2D eigenvalue weighted by atomic mass is 16.5. The van der Waals surface area contributed by atoms with E-state index in [1.54, 1.807) is 13.1 Å². The highest BCUT2D eigenvalue weighted by Crippen LogP contribution is 2.18. The lowest BCUT2D eigenvalue weighted by molar-refractivity contribution is -0.131. The minimum absolute atomic E-state index is 0.170. The van der Waals surface area contributed by atoms with Crippen LogP contribution in [0.3, 0.4) is 0 Å². The summed E-state index contributed by atoms with van der Waals surface area (Å²) in [5, 5.41) is 6.51. The summed E-state index contributed by atoms with van der Waals surface area (Å²) in [7, 11) is 1.72. The van der Waals surface area contributed by atoms with Crippen LogP contribution < -0.4 is 20.3 Å². The van der Waals surface area contributed by atoms with E-state index in [0.29, 0.717) is 32.1 Å². The number of anilines is 1. The number of guanidine groups is 1. The highest BCUT2D eigenvalue weighted by molar-refractivity contribution is 5.81. The third-order valence-corrected chi connectivity index (χ3v) is 5.38. The average Bonchev–Trinajstić information content (AvgIpc) is 2.85. The van der Waals surface area contributed by atoms with Gasteiger partial charge in [0, 0.05) is 64.0 Å². The van der Waals surface area contributed by atoms with E-state index in [0.717, 1.165) is 37.5 Å². The number of carbonyl (C=O) groups is 1. The molecule has 3 rings (SSSR count). The third kappa shape index (κ3) is 6.77. The Kier molecular flexibility index (Phi) is 8.98. The van der Waals surface area contributed by atoms with Gasteiger partial charge in [0.1, 0.15) is 12.4 Å². The van der Waals surface area contributed by atoms with E-state index in [-0.39, 0.29) is 5.91 Å². The number of amides is 1. The monoisotopic (exact) mass is 435 g/mol. The molecular weight excluding hydrogens is 402 g/mol. The number of nitrogens with zero attached hydrogens (tertiary/aromatic N) is 3. The predicted octanol–water partition coefficient (Wildman–Crippen LogP) is 2.66. The van der Waals surface area contributed by atoms with Crippen molar-refractivity contribution in [1.29, 1.82) is 0 Å². The summed E-state index contributed by atoms with van der Waals surface area (Å²) in [4.78, 5) is 21.1. The molecule has 2 N–H and O–H groups in total. The fraction of sp³-hybridized carbons (Fsp3) is 0.360. The summed E-state index contributed by atoms with van der Waals surface area (Å²) >= 11 is 0. The molecule has 170 valence electrons. The van der Waals surface area contributed by atoms with Gasteiger partial charge in [0.25, 0.3) is 0 Å². The van der Waals surface area contributed by atoms with Crippen LogP contribution in [0.2, 0.25) is 0 Å². The molecule has 0 aromatic heterocycles. The quantitative estimate of drug-likeness (QED) is 0.360. The number of hydrogen-bond acceptors (Lipinski definition) is 4. The van der Waals surface area contributed by atoms with E-state index in [1.165, 1.54) is 5.69 Å². The average molecular weight is 436 g/mol. The molecule has 0 saturated carbocycles. The Morgan fingerprint density at radius 3 is 2.50 bits per heavy atom. The van der Waals surface area contributed by atoms with Crippen molar-refractivity contribution in [1.82, 2.24) is 15.5 Å². The number of ether oxygens (including phenoxy) is 1. The van der Waals surface area contributed by atoms with Crippen molar-refractivity contribution in [2.75, 3.05) is 51.3 Å². The van der Waals surface area contributed by atoms with Crippen LogP contribution in [0.15, 0.2) is 72.2 Å². The Bertz CT molecular complexity index is 892. The van der Waals surface area contributed by atoms with Crippen LogP contribution in [0.1, 0.15) is 12.0 Å². The lowest BCUT2D eigenvalue weighted by Crippen LogP contribution is -2.49. The largest absolute Gasteiger partial charge is 0.489 e. The molecule has 0 unspecified atom stereocenters. The number of nitrogens with one attached hydrogen (secondary N) is 2. The highest BCUT2D eigenvalue weighted by Gasteiger charge is 2.20. The minimum atomic E-state index is 0.170. The van der Waals surface area contributed by atoms with Gasteiger partial charge in [-0.3, -0.25) is 9.79 Å². The van der Waals surface area contributed by atoms with Crippen molar-refractivity contribution < 1.29 is 9.53 Å². The maximum absolute atomic E-state index is 12.6. The van der Waals surface area contributed by atoms with Gasteiger partial charge in [0.05, 0.1) is 0 Å². The predicted molar refractivity (Wildman–Crippen MR) is 130 cm³/mol. The van der Waals surface area contributed by atoms with Crippen LogP contribution in [0, 0.1) is 0 Å². The molecule has 2 aromatic rings. The molecule has 0 bridgehead atoms. The summed E-state index contributed by atoms with van der Waals surface area (Å²) in [5.74, 6) is 1.65. The van der Waals surface area contributed by atoms with Crippen molar-refractivity contribution in [3.05, 3.63) is 72.8 Å². The lowest BCUT2D eigenvalue weighted by Gasteiger charge is -2.36. The standard InChI is InChI=1S/C25H33N5O2/c1-3-19-32-23-12-8-7-9-21(23)20-28-25(26-2)27-14-13-24(31)30-17-15-29(16-18-30)22-10-5-4-6-11-22/h3-12H,1,13-20H2,2H3,(H2,26,27,28). The maximum atomic E-state index is 12.6. The molecule has 0 spiro atoms. The fourth-order valence-electron chi connectivity index (χ4n) is 3.64. The maximum Gasteiger partial charge on any atom is 0.224 e. The molecule has 1 heterocycles. The molecule has 0 atom stereocenters. The molecule has 1 aliphatic heterocycles. The zero-order chi connectivity index (χ0) is 22.6. The first-order valence-corrected chi connectivity index (χ1v) is 11.0. The van der Waals surface area contributed by atoms with Crippen molar-refractivity contribution in [2.24, 2.45) is 4.99 Å². The second-order valence-corrected chi connectivity index (χ2v) is 7.51. The summed E-state index contributed by atoms with van der Waals surface area (Å²) < 4.78 is 5.70. The van der Waals surface area contributed by atoms with Gasteiger partial charge >= 0.3 is 0 Å². The molecule has 1 fully saturated rings. The molecule has 1 saturated heterocycles. The number of para-hydroxylation sites is 2. The number of aliphatic imine (C=N–C) groups is 1. The van der Waals surface area contributed by atoms with Crippen LogP contribution in [-0.2, 0) is 11.3 Å². The topological polar surface area (TPSA) is 69.2 Å². The van der Waals surface area contributed by atoms with Crippen LogP contribution >= 0.6 is 0 Å². The van der Waals surface area contributed by atoms with Gasteiger partial charge in [-0.15, -0.1) is 0 Å². The molecule has 1 aliphatic rings. The fourth-order valence-corrected chi connectivity index (χ4v) is 3.64. The Balaban J connectivity index is 1.39. The molecule has 1 amide bonds. The molecule has 7 heteroatoms. The van der Waals surface area contributed by atoms with E-state index >= 15 is 0 Å². The van der Waals surface area contributed by atoms with Gasteiger partial charge in [-0.2, -0.15) is 0 Å². The van der Waals surface area contributed by atoms with Gasteiger partial charge in [-0.25, -0.2) is 0 Å². The van der Waals surface area contributed by atoms with E-state index < -0.39 is 0 Å². The van der Waals surface area contributed by atoms with E-state index in [4.69, 9.17) is 4.74 Å². The van der Waals surface area contributed by atoms with Gasteiger partial charge in [-0.1, -0.05) is 49.1 Å². The Morgan fingerprint density at radius 2 is 1.78 bits per heavy atom. The molecule has 0 radical (unpaired) electrons. The van der Waals surface area contributed by atoms with Crippen molar-refractivity contribution >= 4 is 17.6 Å². The number of rotatable bonds is 9. The van der Waals surface area contributed by atoms with Crippen LogP contribution in [0.4, 0.5) is 5.69 Å². The van der Waals surface area contributed by atoms with Crippen LogP contribution in [0.25, 0.3) is 0 Å². The Labute approximate surface area is 190 Å². The van der Waals surface area contributed by atoms with E-state index in [9.17, 15) is 4.79 Å². The van der Waals surface area contributed by atoms with Gasteiger partial charge in [0.15, 0.2) is 5.96 Å². The first kappa shape index (κ1) is 23.2. The van der Waals surface area contributed by atoms with Gasteiger partial charge < -0.3 is 25.2 Å². The Hall–Kier alpha value is -3.48. The van der Waals surface area contributed by atoms with E-state index in [1.807, 2.05) is 47.4 Å². The number of piperazine rings is 1. The van der Waals surface area contributed by atoms with Crippen molar-refractivity contribution in [2.45, 2.75) is 13.0 Å². The number of carbonyl (C=O) groups excluding carboxylic acids is 1. The van der Waals surface area contributed by atoms with Gasteiger partial charge in [-0.05, 0) is 18.2 Å². The molecule has 7 nitrogen and oxygen atoms in total. The second-order valence-electron chi connectivity index (χ2n) is 7.51. The number of benzene rings is 2. The molecule has 32 heavy (non-hydrogen) atoms. The molecular formula is C25H33N5O2. The molecule has 2 aromatic carbocycles. The summed E-state index contributed by atoms with van der Waals surface area (Å²) in [6.45, 7) is 8.48. The van der Waals surface area contributed by atoms with E-state index in [2.05, 4.69) is 39.2 Å².